The van der Waals surface area contributed by atoms with Gasteiger partial charge in [-0.05, 0) is 70.2 Å². The molecule has 1 aliphatic carbocycles. The van der Waals surface area contributed by atoms with Crippen molar-refractivity contribution in [3.8, 4) is 0 Å². The van der Waals surface area contributed by atoms with Gasteiger partial charge in [-0.25, -0.2) is 0 Å². The number of rotatable bonds is 5. The first-order valence-corrected chi connectivity index (χ1v) is 9.52. The second kappa shape index (κ2) is 7.02. The smallest absolute Gasteiger partial charge is 0.160 e. The summed E-state index contributed by atoms with van der Waals surface area (Å²) in [6.45, 7) is 6.48. The quantitative estimate of drug-likeness (QED) is 0.534. The standard InChI is InChI=1S/C22H26N2O2/c1-15(2)24(13-14-25-17-7-4-5-8-17)21-16(3)10-11-18-20-19(26-22(18)21)9-6-12-23-20/h6,9-15,17H,4-5,7-8H2,1-3H3/b14-13-. The minimum absolute atomic E-state index is 0.281. The van der Waals surface area contributed by atoms with Crippen LogP contribution in [0.15, 0.2) is 47.3 Å². The lowest BCUT2D eigenvalue weighted by Gasteiger charge is -2.26. The van der Waals surface area contributed by atoms with Crippen molar-refractivity contribution in [1.82, 2.24) is 4.98 Å². The zero-order valence-corrected chi connectivity index (χ0v) is 15.7. The molecule has 0 aliphatic heterocycles. The van der Waals surface area contributed by atoms with Crippen molar-refractivity contribution in [1.29, 1.82) is 0 Å². The van der Waals surface area contributed by atoms with E-state index in [0.29, 0.717) is 6.10 Å². The van der Waals surface area contributed by atoms with Crippen LogP contribution in [0.5, 0.6) is 0 Å². The molecule has 4 nitrogen and oxygen atoms in total. The van der Waals surface area contributed by atoms with Crippen molar-refractivity contribution in [2.75, 3.05) is 4.90 Å². The van der Waals surface area contributed by atoms with Crippen molar-refractivity contribution >= 4 is 27.8 Å². The first-order chi connectivity index (χ1) is 12.6. The van der Waals surface area contributed by atoms with Crippen molar-refractivity contribution in [2.24, 2.45) is 0 Å². The van der Waals surface area contributed by atoms with E-state index in [9.17, 15) is 0 Å². The summed E-state index contributed by atoms with van der Waals surface area (Å²) < 4.78 is 12.1. The molecule has 0 N–H and O–H groups in total. The highest BCUT2D eigenvalue weighted by Gasteiger charge is 2.20. The third-order valence-electron chi connectivity index (χ3n) is 5.18. The molecule has 0 spiro atoms. The minimum atomic E-state index is 0.281. The Morgan fingerprint density at radius 1 is 1.23 bits per heavy atom. The number of hydrogen-bond donors (Lipinski definition) is 0. The summed E-state index contributed by atoms with van der Waals surface area (Å²) in [5.41, 5.74) is 4.89. The third kappa shape index (κ3) is 3.05. The molecule has 136 valence electrons. The average molecular weight is 350 g/mol. The maximum absolute atomic E-state index is 6.20. The molecule has 0 bridgehead atoms. The maximum atomic E-state index is 6.20. The van der Waals surface area contributed by atoms with Crippen LogP contribution in [-0.2, 0) is 4.74 Å². The Balaban J connectivity index is 1.76. The molecular formula is C22H26N2O2. The number of furan rings is 1. The second-order valence-corrected chi connectivity index (χ2v) is 7.39. The average Bonchev–Trinajstić information content (AvgIpc) is 3.26. The van der Waals surface area contributed by atoms with Crippen LogP contribution in [-0.4, -0.2) is 17.1 Å². The van der Waals surface area contributed by atoms with Crippen molar-refractivity contribution in [3.63, 3.8) is 0 Å². The number of pyridine rings is 1. The van der Waals surface area contributed by atoms with Gasteiger partial charge in [0.25, 0.3) is 0 Å². The lowest BCUT2D eigenvalue weighted by molar-refractivity contribution is 0.150. The molecule has 1 saturated carbocycles. The van der Waals surface area contributed by atoms with Gasteiger partial charge in [0.2, 0.25) is 0 Å². The van der Waals surface area contributed by atoms with E-state index in [1.165, 1.54) is 18.4 Å². The highest BCUT2D eigenvalue weighted by atomic mass is 16.5. The molecule has 1 aromatic carbocycles. The fourth-order valence-corrected chi connectivity index (χ4v) is 3.81. The summed E-state index contributed by atoms with van der Waals surface area (Å²) in [6, 6.07) is 8.41. The Kier molecular flexibility index (Phi) is 4.58. The van der Waals surface area contributed by atoms with Crippen LogP contribution >= 0.6 is 0 Å². The lowest BCUT2D eigenvalue weighted by atomic mass is 10.1. The van der Waals surface area contributed by atoms with Crippen LogP contribution in [0.3, 0.4) is 0 Å². The summed E-state index contributed by atoms with van der Waals surface area (Å²) in [6.07, 6.45) is 11.0. The van der Waals surface area contributed by atoms with Gasteiger partial charge in [-0.15, -0.1) is 0 Å². The molecule has 3 aromatic rings. The van der Waals surface area contributed by atoms with Crippen molar-refractivity contribution in [2.45, 2.75) is 58.6 Å². The fraction of sp³-hybridized carbons (Fsp3) is 0.409. The number of ether oxygens (including phenoxy) is 1. The van der Waals surface area contributed by atoms with Gasteiger partial charge in [0, 0.05) is 23.8 Å². The van der Waals surface area contributed by atoms with Crippen LogP contribution in [0.25, 0.3) is 22.1 Å². The zero-order valence-electron chi connectivity index (χ0n) is 15.7. The molecule has 4 rings (SSSR count). The van der Waals surface area contributed by atoms with Gasteiger partial charge < -0.3 is 14.1 Å². The van der Waals surface area contributed by atoms with Crippen molar-refractivity contribution in [3.05, 3.63) is 48.5 Å². The SMILES string of the molecule is Cc1ccc2c(oc3cccnc32)c1N(/C=C\OC1CCCC1)C(C)C. The molecule has 2 aromatic heterocycles. The second-order valence-electron chi connectivity index (χ2n) is 7.39. The fourth-order valence-electron chi connectivity index (χ4n) is 3.81. The Hall–Kier alpha value is -2.49. The molecule has 2 heterocycles. The van der Waals surface area contributed by atoms with Gasteiger partial charge >= 0.3 is 0 Å². The largest absolute Gasteiger partial charge is 0.497 e. The highest BCUT2D eigenvalue weighted by molar-refractivity contribution is 6.07. The van der Waals surface area contributed by atoms with E-state index in [1.807, 2.05) is 30.8 Å². The molecule has 1 aliphatic rings. The predicted molar refractivity (Wildman–Crippen MR) is 106 cm³/mol. The van der Waals surface area contributed by atoms with Gasteiger partial charge in [0.1, 0.15) is 5.52 Å². The van der Waals surface area contributed by atoms with E-state index in [1.54, 1.807) is 0 Å². The molecule has 0 unspecified atom stereocenters. The summed E-state index contributed by atoms with van der Waals surface area (Å²) >= 11 is 0. The maximum Gasteiger partial charge on any atom is 0.160 e. The summed E-state index contributed by atoms with van der Waals surface area (Å²) in [7, 11) is 0. The number of aromatic nitrogens is 1. The number of anilines is 1. The number of benzene rings is 1. The number of hydrogen-bond acceptors (Lipinski definition) is 4. The Bertz CT molecular complexity index is 936. The van der Waals surface area contributed by atoms with Gasteiger partial charge in [0.15, 0.2) is 11.2 Å². The van der Waals surface area contributed by atoms with Gasteiger partial charge in [-0.1, -0.05) is 6.07 Å². The van der Waals surface area contributed by atoms with Gasteiger partial charge in [0.05, 0.1) is 18.1 Å². The Morgan fingerprint density at radius 3 is 2.81 bits per heavy atom. The van der Waals surface area contributed by atoms with Crippen LogP contribution < -0.4 is 4.90 Å². The zero-order chi connectivity index (χ0) is 18.1. The Morgan fingerprint density at radius 2 is 2.04 bits per heavy atom. The summed E-state index contributed by atoms with van der Waals surface area (Å²) in [4.78, 5) is 6.73. The van der Waals surface area contributed by atoms with Gasteiger partial charge in [-0.3, -0.25) is 4.98 Å². The number of nitrogens with zero attached hydrogens (tertiary/aromatic N) is 2. The van der Waals surface area contributed by atoms with Gasteiger partial charge in [-0.2, -0.15) is 0 Å². The molecule has 0 atom stereocenters. The van der Waals surface area contributed by atoms with Crippen LogP contribution in [0.4, 0.5) is 5.69 Å². The highest BCUT2D eigenvalue weighted by Crippen LogP contribution is 2.37. The van der Waals surface area contributed by atoms with E-state index in [4.69, 9.17) is 9.15 Å². The predicted octanol–water partition coefficient (Wildman–Crippen LogP) is 5.93. The molecule has 26 heavy (non-hydrogen) atoms. The molecular weight excluding hydrogens is 324 g/mol. The topological polar surface area (TPSA) is 38.5 Å². The Labute approximate surface area is 154 Å². The normalized spacial score (nSPS) is 15.7. The minimum Gasteiger partial charge on any atom is -0.497 e. The molecule has 0 saturated heterocycles. The van der Waals surface area contributed by atoms with E-state index in [-0.39, 0.29) is 6.04 Å². The van der Waals surface area contributed by atoms with E-state index in [2.05, 4.69) is 42.8 Å². The van der Waals surface area contributed by atoms with E-state index < -0.39 is 0 Å². The van der Waals surface area contributed by atoms with Crippen LogP contribution in [0.1, 0.15) is 45.1 Å². The number of aryl methyl sites for hydroxylation is 1. The molecule has 1 fully saturated rings. The van der Waals surface area contributed by atoms with Crippen LogP contribution in [0.2, 0.25) is 0 Å². The molecule has 0 radical (unpaired) electrons. The van der Waals surface area contributed by atoms with Crippen molar-refractivity contribution < 1.29 is 9.15 Å². The molecule has 0 amide bonds. The van der Waals surface area contributed by atoms with Crippen LogP contribution in [0, 0.1) is 6.92 Å². The molecule has 4 heteroatoms. The lowest BCUT2D eigenvalue weighted by Crippen LogP contribution is -2.25. The third-order valence-corrected chi connectivity index (χ3v) is 5.18. The first-order valence-electron chi connectivity index (χ1n) is 9.52. The van der Waals surface area contributed by atoms with E-state index in [0.717, 1.165) is 40.6 Å². The van der Waals surface area contributed by atoms with E-state index >= 15 is 0 Å². The monoisotopic (exact) mass is 350 g/mol. The number of fused-ring (bicyclic) bond motifs is 3. The first kappa shape index (κ1) is 17.0. The summed E-state index contributed by atoms with van der Waals surface area (Å²) in [5, 5.41) is 1.05. The summed E-state index contributed by atoms with van der Waals surface area (Å²) in [5.74, 6) is 0.